The molecule has 6 N–H and O–H groups in total. The van der Waals surface area contributed by atoms with E-state index in [1.807, 2.05) is 0 Å². The number of nitrogens with one attached hydrogen (secondary N) is 6. The SMILES string of the molecule is COc1c(C(=O)NNC(=O)CNC(=O)CN2CCN(CC(=O)[O-])CCN(CC(=O)[O-])CCN(CC(=O)[O-])CC2)cc2ccccc2c1Cc1c(OC)c(C(=O)NNC(=O)CNC(=O)CN2CCN(CC(=O)[O-])CCN(CC(=O)[O-])CCN(CC(=O)[O-])CC2)cc2ccccc12.[Gd+3].[Gd+3]. The first-order valence-electron chi connectivity index (χ1n) is 30.2. The van der Waals surface area contributed by atoms with Crippen LogP contribution in [0.4, 0.5) is 0 Å². The standard InChI is InChI=1S/C61H82N14O20.2Gd/c1-94-58-44(42-9-5-3-7-40(42)27-46(58)60(92)66-64-48(76)30-62-50(78)32-68-11-15-70(34-52(80)81)19-23-74(38-56(88)89)24-20-71(16-12-68)35-53(82)83)29-45-43-10-6-4-8-41(43)28-47(59(45)95-2)61(93)67-65-49(77)31-63-51(79)33-69-13-17-72(36-54(84)85)21-25-75(39-57(90)91)26-22-73(18-14-69)37-55(86)87;;/h3-10,27-28H,11-26,29-39H2,1-2H3,(H,62,78)(H,63,79)(H,64,76)(H,65,77)(H,66,92)(H,67,93)(H,80,81)(H,82,83)(H,84,85)(H,86,87)(H,88,89)(H,90,91);;/q;2*+3/p-6. The Balaban J connectivity index is 0.00001000. The smallest absolute Gasteiger partial charge is 0.549 e. The average Bonchev–Trinajstić information content (AvgIpc) is 0.761. The van der Waals surface area contributed by atoms with Crippen LogP contribution in [0.15, 0.2) is 60.7 Å². The van der Waals surface area contributed by atoms with Crippen LogP contribution in [0.2, 0.25) is 0 Å². The number of hydrogen-bond donors (Lipinski definition) is 6. The van der Waals surface area contributed by atoms with Gasteiger partial charge < -0.3 is 79.5 Å². The second kappa shape index (κ2) is 42.0. The minimum Gasteiger partial charge on any atom is -0.549 e. The molecule has 2 radical (unpaired) electrons. The number of carbonyl (C=O) groups excluding carboxylic acids is 12. The summed E-state index contributed by atoms with van der Waals surface area (Å²) in [5, 5.41) is 76.6. The number of ether oxygens (including phenoxy) is 2. The van der Waals surface area contributed by atoms with E-state index in [1.54, 1.807) is 70.5 Å². The zero-order chi connectivity index (χ0) is 69.1. The molecule has 0 unspecified atom stereocenters. The Morgan fingerprint density at radius 1 is 0.351 bits per heavy atom. The summed E-state index contributed by atoms with van der Waals surface area (Å²) in [7, 11) is 2.67. The summed E-state index contributed by atoms with van der Waals surface area (Å²) in [6.45, 7) is -3.35. The molecule has 36 heteroatoms. The van der Waals surface area contributed by atoms with Crippen LogP contribution in [-0.2, 0) is 54.4 Å². The molecule has 0 bridgehead atoms. The van der Waals surface area contributed by atoms with Gasteiger partial charge in [-0.05, 0) is 33.7 Å². The molecule has 2 fully saturated rings. The van der Waals surface area contributed by atoms with Crippen molar-refractivity contribution >= 4 is 92.8 Å². The first-order chi connectivity index (χ1) is 45.4. The average molecular weight is 1640 g/mol. The Morgan fingerprint density at radius 3 is 0.825 bits per heavy atom. The maximum Gasteiger partial charge on any atom is 3.00 e. The molecular formula is C61H76Gd2N14O20. The van der Waals surface area contributed by atoms with Crippen LogP contribution >= 0.6 is 0 Å². The summed E-state index contributed by atoms with van der Waals surface area (Å²) in [6.07, 6.45) is -0.0414. The first kappa shape index (κ1) is 82.4. The Kier molecular flexibility index (Phi) is 35.7. The van der Waals surface area contributed by atoms with Gasteiger partial charge in [-0.2, -0.15) is 0 Å². The summed E-state index contributed by atoms with van der Waals surface area (Å²) < 4.78 is 11.9. The molecule has 526 valence electrons. The summed E-state index contributed by atoms with van der Waals surface area (Å²) in [5.41, 5.74) is 10.1. The molecule has 0 atom stereocenters. The molecule has 6 rings (SSSR count). The van der Waals surface area contributed by atoms with Crippen molar-refractivity contribution in [3.8, 4) is 11.5 Å². The number of carboxylic acid groups (broad SMARTS) is 6. The second-order valence-corrected chi connectivity index (χ2v) is 22.5. The number of benzene rings is 4. The van der Waals surface area contributed by atoms with Gasteiger partial charge in [0.1, 0.15) is 11.5 Å². The van der Waals surface area contributed by atoms with E-state index in [2.05, 4.69) is 32.3 Å². The molecule has 6 amide bonds. The summed E-state index contributed by atoms with van der Waals surface area (Å²) in [5.74, 6) is -12.8. The van der Waals surface area contributed by atoms with E-state index in [0.717, 1.165) is 0 Å². The maximum atomic E-state index is 14.1. The zero-order valence-electron chi connectivity index (χ0n) is 53.3. The van der Waals surface area contributed by atoms with E-state index in [9.17, 15) is 88.2 Å². The van der Waals surface area contributed by atoms with Crippen molar-refractivity contribution in [2.75, 3.05) is 184 Å². The van der Waals surface area contributed by atoms with E-state index in [1.165, 1.54) is 43.6 Å². The van der Waals surface area contributed by atoms with E-state index in [4.69, 9.17) is 9.47 Å². The largest absolute Gasteiger partial charge is 3.00 e. The Bertz CT molecular complexity index is 3160. The third-order valence-corrected chi connectivity index (χ3v) is 15.7. The summed E-state index contributed by atoms with van der Waals surface area (Å²) in [4.78, 5) is 163. The van der Waals surface area contributed by atoms with E-state index < -0.39 is 124 Å². The van der Waals surface area contributed by atoms with E-state index in [0.29, 0.717) is 32.7 Å². The van der Waals surface area contributed by atoms with Crippen LogP contribution in [0.25, 0.3) is 21.5 Å². The monoisotopic (exact) mass is 1640 g/mol. The number of nitrogens with zero attached hydrogens (tertiary/aromatic N) is 8. The minimum absolute atomic E-state index is 0. The van der Waals surface area contributed by atoms with Crippen LogP contribution in [0, 0.1) is 79.9 Å². The first-order valence-corrected chi connectivity index (χ1v) is 30.2. The normalized spacial score (nSPS) is 15.8. The number of fused-ring (bicyclic) bond motifs is 2. The van der Waals surface area contributed by atoms with Gasteiger partial charge >= 0.3 is 79.9 Å². The second-order valence-electron chi connectivity index (χ2n) is 22.5. The molecule has 34 nitrogen and oxygen atoms in total. The van der Waals surface area contributed by atoms with Crippen molar-refractivity contribution < 1.29 is 178 Å². The molecule has 0 aromatic heterocycles. The van der Waals surface area contributed by atoms with Crippen molar-refractivity contribution in [1.29, 1.82) is 0 Å². The van der Waals surface area contributed by atoms with Crippen LogP contribution in [-0.4, -0.2) is 295 Å². The number of hydrogen-bond acceptors (Lipinski definition) is 28. The number of carboxylic acids is 6. The summed E-state index contributed by atoms with van der Waals surface area (Å²) >= 11 is 0. The predicted molar refractivity (Wildman–Crippen MR) is 323 cm³/mol. The molecule has 2 heterocycles. The molecule has 97 heavy (non-hydrogen) atoms. The quantitative estimate of drug-likeness (QED) is 0.0318. The van der Waals surface area contributed by atoms with Crippen molar-refractivity contribution in [2.24, 2.45) is 0 Å². The van der Waals surface area contributed by atoms with Crippen molar-refractivity contribution in [2.45, 2.75) is 6.42 Å². The fraction of sp³-hybridized carbons (Fsp3) is 0.475. The van der Waals surface area contributed by atoms with Crippen molar-refractivity contribution in [3.63, 3.8) is 0 Å². The van der Waals surface area contributed by atoms with Gasteiger partial charge in [0, 0.05) is 162 Å². The Hall–Kier alpha value is -7.03. The number of aliphatic carboxylic acids is 6. The van der Waals surface area contributed by atoms with Gasteiger partial charge in [0.25, 0.3) is 23.6 Å². The number of amides is 6. The third kappa shape index (κ3) is 28.0. The number of methoxy groups -OCH3 is 2. The van der Waals surface area contributed by atoms with Crippen LogP contribution in [0.3, 0.4) is 0 Å². The van der Waals surface area contributed by atoms with Gasteiger partial charge in [0.2, 0.25) is 11.8 Å². The van der Waals surface area contributed by atoms with Gasteiger partial charge in [-0.25, -0.2) is 0 Å². The van der Waals surface area contributed by atoms with Gasteiger partial charge in [0.15, 0.2) is 0 Å². The number of rotatable bonds is 26. The maximum absolute atomic E-state index is 14.1. The third-order valence-electron chi connectivity index (χ3n) is 15.7. The zero-order valence-corrected chi connectivity index (χ0v) is 57.9. The number of carbonyl (C=O) groups is 12. The van der Waals surface area contributed by atoms with Crippen LogP contribution in [0.1, 0.15) is 31.8 Å². The molecule has 2 aliphatic heterocycles. The Morgan fingerprint density at radius 2 is 0.588 bits per heavy atom. The fourth-order valence-electron chi connectivity index (χ4n) is 11.0. The predicted octanol–water partition coefficient (Wildman–Crippen LogP) is -11.7. The van der Waals surface area contributed by atoms with Gasteiger partial charge in [-0.3, -0.25) is 89.7 Å². The minimum atomic E-state index is -1.39. The molecule has 2 aliphatic rings. The van der Waals surface area contributed by atoms with Gasteiger partial charge in [-0.1, -0.05) is 48.5 Å². The molecule has 0 saturated carbocycles. The molecule has 4 aromatic rings. The molecule has 4 aromatic carbocycles. The molecule has 0 spiro atoms. The van der Waals surface area contributed by atoms with Crippen LogP contribution in [0.5, 0.6) is 11.5 Å². The summed E-state index contributed by atoms with van der Waals surface area (Å²) in [6, 6.07) is 17.2. The molecule has 0 aliphatic carbocycles. The Labute approximate surface area is 621 Å². The van der Waals surface area contributed by atoms with Gasteiger partial charge in [-0.15, -0.1) is 0 Å². The molecular weight excluding hydrogens is 1560 g/mol. The van der Waals surface area contributed by atoms with Crippen molar-refractivity contribution in [3.05, 3.63) is 82.9 Å². The van der Waals surface area contributed by atoms with Gasteiger partial charge in [0.05, 0.1) is 87.3 Å². The topological polar surface area (TPSA) is 460 Å². The van der Waals surface area contributed by atoms with Crippen molar-refractivity contribution in [1.82, 2.24) is 71.5 Å². The number of hydrazine groups is 2. The fourth-order valence-corrected chi connectivity index (χ4v) is 11.0. The van der Waals surface area contributed by atoms with E-state index >= 15 is 0 Å². The van der Waals surface area contributed by atoms with E-state index in [-0.39, 0.29) is 227 Å². The van der Waals surface area contributed by atoms with Crippen LogP contribution < -0.4 is 72.4 Å². The molecule has 2 saturated heterocycles.